The minimum absolute atomic E-state index is 0.191. The molecule has 2 aliphatic rings. The number of rotatable bonds is 3. The van der Waals surface area contributed by atoms with E-state index >= 15 is 0 Å². The normalized spacial score (nSPS) is 17.2. The van der Waals surface area contributed by atoms with Gasteiger partial charge in [-0.3, -0.25) is 9.59 Å². The first-order chi connectivity index (χ1) is 11.6. The minimum atomic E-state index is 0.191. The molecule has 6 nitrogen and oxygen atoms in total. The van der Waals surface area contributed by atoms with Gasteiger partial charge in [0.15, 0.2) is 0 Å². The van der Waals surface area contributed by atoms with Crippen molar-refractivity contribution in [1.29, 1.82) is 0 Å². The molecule has 0 aromatic carbocycles. The SMILES string of the molecule is CC.CC.CC(=O)CCN1CCNCC1.CC(=O)N1CCNCC1. The van der Waals surface area contributed by atoms with Crippen molar-refractivity contribution >= 4 is 11.7 Å². The fraction of sp³-hybridized carbons (Fsp3) is 0.889. The Morgan fingerprint density at radius 2 is 1.21 bits per heavy atom. The van der Waals surface area contributed by atoms with Gasteiger partial charge in [-0.1, -0.05) is 27.7 Å². The number of amides is 1. The Bertz CT molecular complexity index is 299. The molecular weight excluding hydrogens is 304 g/mol. The van der Waals surface area contributed by atoms with Gasteiger partial charge in [-0.05, 0) is 6.92 Å². The highest BCUT2D eigenvalue weighted by molar-refractivity contribution is 5.75. The van der Waals surface area contributed by atoms with Crippen LogP contribution in [0.15, 0.2) is 0 Å². The van der Waals surface area contributed by atoms with Crippen molar-refractivity contribution in [2.75, 3.05) is 58.9 Å². The number of ketones is 1. The average molecular weight is 345 g/mol. The number of hydrogen-bond donors (Lipinski definition) is 2. The summed E-state index contributed by atoms with van der Waals surface area (Å²) in [6.07, 6.45) is 0.708. The molecule has 2 N–H and O–H groups in total. The lowest BCUT2D eigenvalue weighted by Crippen LogP contribution is -2.45. The monoisotopic (exact) mass is 344 g/mol. The van der Waals surface area contributed by atoms with Crippen molar-refractivity contribution in [2.24, 2.45) is 0 Å². The van der Waals surface area contributed by atoms with Crippen LogP contribution in [-0.4, -0.2) is 80.4 Å². The van der Waals surface area contributed by atoms with E-state index in [1.165, 1.54) is 0 Å². The third-order valence-corrected chi connectivity index (χ3v) is 3.55. The Morgan fingerprint density at radius 3 is 1.54 bits per heavy atom. The highest BCUT2D eigenvalue weighted by atomic mass is 16.2. The predicted molar refractivity (Wildman–Crippen MR) is 102 cm³/mol. The third kappa shape index (κ3) is 14.6. The van der Waals surface area contributed by atoms with Crippen molar-refractivity contribution in [1.82, 2.24) is 20.4 Å². The van der Waals surface area contributed by atoms with Crippen molar-refractivity contribution in [2.45, 2.75) is 48.0 Å². The van der Waals surface area contributed by atoms with Gasteiger partial charge in [0.1, 0.15) is 5.78 Å². The molecule has 2 saturated heterocycles. The standard InChI is InChI=1S/C8H16N2O.C6H12N2O.2C2H6/c1-8(11)2-5-10-6-3-9-4-7-10;1-6(9)8-4-2-7-3-5-8;2*1-2/h9H,2-7H2,1H3;7H,2-5H2,1H3;2*1-2H3. The smallest absolute Gasteiger partial charge is 0.219 e. The Kier molecular flexibility index (Phi) is 19.3. The fourth-order valence-corrected chi connectivity index (χ4v) is 2.23. The number of piperazine rings is 2. The summed E-state index contributed by atoms with van der Waals surface area (Å²) in [5.74, 6) is 0.486. The van der Waals surface area contributed by atoms with Crippen LogP contribution < -0.4 is 10.6 Å². The number of carbonyl (C=O) groups is 2. The van der Waals surface area contributed by atoms with E-state index in [0.29, 0.717) is 12.2 Å². The van der Waals surface area contributed by atoms with Crippen LogP contribution in [0.5, 0.6) is 0 Å². The molecule has 2 fully saturated rings. The molecule has 2 rings (SSSR count). The maximum Gasteiger partial charge on any atom is 0.219 e. The van der Waals surface area contributed by atoms with Crippen LogP contribution in [0.1, 0.15) is 48.0 Å². The molecule has 1 amide bonds. The zero-order valence-electron chi connectivity index (χ0n) is 16.8. The second kappa shape index (κ2) is 18.4. The first-order valence-corrected chi connectivity index (χ1v) is 9.48. The van der Waals surface area contributed by atoms with Crippen LogP contribution in [0, 0.1) is 0 Å². The summed E-state index contributed by atoms with van der Waals surface area (Å²) in [4.78, 5) is 25.5. The highest BCUT2D eigenvalue weighted by Gasteiger charge is 2.10. The third-order valence-electron chi connectivity index (χ3n) is 3.55. The fourth-order valence-electron chi connectivity index (χ4n) is 2.23. The largest absolute Gasteiger partial charge is 0.340 e. The second-order valence-corrected chi connectivity index (χ2v) is 5.30. The predicted octanol–water partition coefficient (Wildman–Crippen LogP) is 1.36. The van der Waals surface area contributed by atoms with Crippen molar-refractivity contribution in [3.8, 4) is 0 Å². The first kappa shape index (κ1) is 25.3. The van der Waals surface area contributed by atoms with Gasteiger partial charge in [0.25, 0.3) is 0 Å². The molecule has 0 aromatic rings. The number of nitrogens with zero attached hydrogens (tertiary/aromatic N) is 2. The molecule has 0 radical (unpaired) electrons. The molecule has 6 heteroatoms. The summed E-state index contributed by atoms with van der Waals surface area (Å²) in [5.41, 5.74) is 0. The molecule has 0 aromatic heterocycles. The van der Waals surface area contributed by atoms with Gasteiger partial charge >= 0.3 is 0 Å². The van der Waals surface area contributed by atoms with Gasteiger partial charge in [0, 0.05) is 72.2 Å². The van der Waals surface area contributed by atoms with Crippen LogP contribution in [0.4, 0.5) is 0 Å². The van der Waals surface area contributed by atoms with E-state index < -0.39 is 0 Å². The van der Waals surface area contributed by atoms with Crippen LogP contribution in [0.25, 0.3) is 0 Å². The summed E-state index contributed by atoms with van der Waals surface area (Å²) in [6, 6.07) is 0. The van der Waals surface area contributed by atoms with Crippen LogP contribution in [0.3, 0.4) is 0 Å². The molecule has 24 heavy (non-hydrogen) atoms. The van der Waals surface area contributed by atoms with Gasteiger partial charge in [0.05, 0.1) is 0 Å². The van der Waals surface area contributed by atoms with Gasteiger partial charge in [-0.2, -0.15) is 0 Å². The molecule has 0 atom stereocenters. The van der Waals surface area contributed by atoms with Gasteiger partial charge < -0.3 is 20.4 Å². The Labute approximate surface area is 149 Å². The molecule has 0 aliphatic carbocycles. The molecule has 144 valence electrons. The summed E-state index contributed by atoms with van der Waals surface area (Å²) in [7, 11) is 0. The molecule has 0 unspecified atom stereocenters. The zero-order chi connectivity index (χ0) is 18.8. The van der Waals surface area contributed by atoms with Gasteiger partial charge in [-0.25, -0.2) is 0 Å². The molecule has 0 spiro atoms. The van der Waals surface area contributed by atoms with Gasteiger partial charge in [0.2, 0.25) is 5.91 Å². The van der Waals surface area contributed by atoms with Crippen LogP contribution >= 0.6 is 0 Å². The molecule has 0 bridgehead atoms. The molecular formula is C18H40N4O2. The minimum Gasteiger partial charge on any atom is -0.340 e. The topological polar surface area (TPSA) is 64.7 Å². The summed E-state index contributed by atoms with van der Waals surface area (Å²) in [6.45, 7) is 20.2. The van der Waals surface area contributed by atoms with E-state index in [1.807, 2.05) is 32.6 Å². The summed E-state index contributed by atoms with van der Waals surface area (Å²) >= 11 is 0. The quantitative estimate of drug-likeness (QED) is 0.809. The maximum atomic E-state index is 10.7. The number of carbonyl (C=O) groups excluding carboxylic acids is 2. The summed E-state index contributed by atoms with van der Waals surface area (Å²) < 4.78 is 0. The second-order valence-electron chi connectivity index (χ2n) is 5.30. The number of hydrogen-bond acceptors (Lipinski definition) is 5. The Hall–Kier alpha value is -0.980. The molecule has 2 aliphatic heterocycles. The van der Waals surface area contributed by atoms with E-state index in [2.05, 4.69) is 15.5 Å². The van der Waals surface area contributed by atoms with Crippen LogP contribution in [-0.2, 0) is 9.59 Å². The lowest BCUT2D eigenvalue weighted by atomic mass is 10.2. The molecule has 0 saturated carbocycles. The Morgan fingerprint density at radius 1 is 0.792 bits per heavy atom. The number of Topliss-reactive ketones (excluding diaryl/α,β-unsaturated/α-hetero) is 1. The summed E-state index contributed by atoms with van der Waals surface area (Å²) in [5, 5.41) is 6.45. The Balaban J connectivity index is 0. The van der Waals surface area contributed by atoms with E-state index in [9.17, 15) is 9.59 Å². The average Bonchev–Trinajstić information content (AvgIpc) is 2.65. The van der Waals surface area contributed by atoms with Gasteiger partial charge in [-0.15, -0.1) is 0 Å². The van der Waals surface area contributed by atoms with Crippen molar-refractivity contribution in [3.63, 3.8) is 0 Å². The van der Waals surface area contributed by atoms with Crippen molar-refractivity contribution < 1.29 is 9.59 Å². The highest BCUT2D eigenvalue weighted by Crippen LogP contribution is 1.94. The molecule has 2 heterocycles. The van der Waals surface area contributed by atoms with E-state index in [4.69, 9.17) is 0 Å². The lowest BCUT2D eigenvalue weighted by molar-refractivity contribution is -0.129. The van der Waals surface area contributed by atoms with E-state index in [1.54, 1.807) is 13.8 Å². The van der Waals surface area contributed by atoms with Crippen LogP contribution in [0.2, 0.25) is 0 Å². The van der Waals surface area contributed by atoms with E-state index in [-0.39, 0.29) is 5.91 Å². The van der Waals surface area contributed by atoms with Crippen molar-refractivity contribution in [3.05, 3.63) is 0 Å². The maximum absolute atomic E-state index is 10.7. The lowest BCUT2D eigenvalue weighted by Gasteiger charge is -2.26. The zero-order valence-corrected chi connectivity index (χ0v) is 16.8. The first-order valence-electron chi connectivity index (χ1n) is 9.48. The van der Waals surface area contributed by atoms with E-state index in [0.717, 1.165) is 58.9 Å². The number of nitrogens with one attached hydrogen (secondary N) is 2.